The summed E-state index contributed by atoms with van der Waals surface area (Å²) in [6.45, 7) is 2.25. The van der Waals surface area contributed by atoms with Crippen molar-refractivity contribution in [2.75, 3.05) is 13.6 Å². The molecular weight excluding hydrogens is 366 g/mol. The summed E-state index contributed by atoms with van der Waals surface area (Å²) in [5.41, 5.74) is 0.885. The van der Waals surface area contributed by atoms with Crippen LogP contribution in [0.15, 0.2) is 36.4 Å². The number of nitrogens with zero attached hydrogens (tertiary/aromatic N) is 2. The van der Waals surface area contributed by atoms with E-state index in [1.807, 2.05) is 6.92 Å². The summed E-state index contributed by atoms with van der Waals surface area (Å²) in [6, 6.07) is 7.53. The van der Waals surface area contributed by atoms with Gasteiger partial charge in [0.1, 0.15) is 11.6 Å². The molecule has 0 saturated carbocycles. The fourth-order valence-corrected chi connectivity index (χ4v) is 3.14. The molecule has 3 rings (SSSR count). The molecule has 1 heterocycles. The second-order valence-electron chi connectivity index (χ2n) is 6.77. The van der Waals surface area contributed by atoms with Crippen molar-refractivity contribution >= 4 is 17.7 Å². The number of carbonyl (C=O) groups is 3. The van der Waals surface area contributed by atoms with Crippen LogP contribution in [0.2, 0.25) is 0 Å². The molecule has 0 aromatic heterocycles. The molecule has 1 aliphatic heterocycles. The molecule has 0 radical (unpaired) electrons. The Morgan fingerprint density at radius 1 is 1.04 bits per heavy atom. The van der Waals surface area contributed by atoms with Crippen LogP contribution in [0.4, 0.5) is 8.78 Å². The first-order valence-electron chi connectivity index (χ1n) is 9.03. The smallest absolute Gasteiger partial charge is 0.261 e. The lowest BCUT2D eigenvalue weighted by molar-refractivity contribution is 0.0652. The predicted octanol–water partition coefficient (Wildman–Crippen LogP) is 3.63. The van der Waals surface area contributed by atoms with Gasteiger partial charge in [0.15, 0.2) is 0 Å². The summed E-state index contributed by atoms with van der Waals surface area (Å²) < 4.78 is 26.9. The zero-order chi connectivity index (χ0) is 20.4. The van der Waals surface area contributed by atoms with Crippen LogP contribution < -0.4 is 0 Å². The summed E-state index contributed by atoms with van der Waals surface area (Å²) in [5, 5.41) is 0. The highest BCUT2D eigenvalue weighted by molar-refractivity contribution is 6.22. The van der Waals surface area contributed by atoms with Gasteiger partial charge in [-0.1, -0.05) is 19.4 Å². The molecule has 0 bridgehead atoms. The molecule has 0 unspecified atom stereocenters. The van der Waals surface area contributed by atoms with Crippen molar-refractivity contribution in [1.82, 2.24) is 9.80 Å². The summed E-state index contributed by atoms with van der Waals surface area (Å²) in [5.74, 6) is -2.62. The van der Waals surface area contributed by atoms with Gasteiger partial charge in [0.05, 0.1) is 11.1 Å². The van der Waals surface area contributed by atoms with Crippen LogP contribution in [0.5, 0.6) is 0 Å². The Hall–Kier alpha value is -3.09. The first kappa shape index (κ1) is 19.7. The summed E-state index contributed by atoms with van der Waals surface area (Å²) in [6.07, 6.45) is 1.56. The molecule has 2 aromatic rings. The van der Waals surface area contributed by atoms with Crippen LogP contribution >= 0.6 is 0 Å². The number of imide groups is 1. The van der Waals surface area contributed by atoms with Crippen LogP contribution in [0.3, 0.4) is 0 Å². The molecule has 0 aliphatic carbocycles. The Kier molecular flexibility index (Phi) is 5.53. The standard InChI is InChI=1S/C21H20F2N2O3/c1-3-4-9-25-20(27)16-8-6-13(10-17(16)21(25)28)19(26)24(2)12-14-5-7-15(22)11-18(14)23/h5-8,10-11H,3-4,9,12H2,1-2H3. The molecule has 146 valence electrons. The largest absolute Gasteiger partial charge is 0.337 e. The average Bonchev–Trinajstić information content (AvgIpc) is 2.91. The number of hydrogen-bond donors (Lipinski definition) is 0. The lowest BCUT2D eigenvalue weighted by atomic mass is 10.0. The Morgan fingerprint density at radius 3 is 2.43 bits per heavy atom. The minimum Gasteiger partial charge on any atom is -0.337 e. The van der Waals surface area contributed by atoms with Crippen LogP contribution in [-0.2, 0) is 6.54 Å². The predicted molar refractivity (Wildman–Crippen MR) is 98.9 cm³/mol. The molecule has 0 spiro atoms. The first-order chi connectivity index (χ1) is 13.3. The van der Waals surface area contributed by atoms with E-state index in [4.69, 9.17) is 0 Å². The Bertz CT molecular complexity index is 959. The maximum Gasteiger partial charge on any atom is 0.261 e. The zero-order valence-corrected chi connectivity index (χ0v) is 15.7. The van der Waals surface area contributed by atoms with Crippen molar-refractivity contribution in [1.29, 1.82) is 0 Å². The number of benzene rings is 2. The van der Waals surface area contributed by atoms with Crippen LogP contribution in [0.25, 0.3) is 0 Å². The van der Waals surface area contributed by atoms with Gasteiger partial charge in [-0.2, -0.15) is 0 Å². The minimum atomic E-state index is -0.735. The van der Waals surface area contributed by atoms with Crippen molar-refractivity contribution in [3.05, 3.63) is 70.3 Å². The van der Waals surface area contributed by atoms with E-state index >= 15 is 0 Å². The van der Waals surface area contributed by atoms with Gasteiger partial charge in [-0.05, 0) is 30.7 Å². The number of halogens is 2. The van der Waals surface area contributed by atoms with E-state index in [9.17, 15) is 23.2 Å². The highest BCUT2D eigenvalue weighted by atomic mass is 19.1. The molecule has 28 heavy (non-hydrogen) atoms. The molecule has 0 N–H and O–H groups in total. The molecule has 0 atom stereocenters. The van der Waals surface area contributed by atoms with E-state index in [2.05, 4.69) is 0 Å². The van der Waals surface area contributed by atoms with Gasteiger partial charge >= 0.3 is 0 Å². The highest BCUT2D eigenvalue weighted by Gasteiger charge is 2.35. The van der Waals surface area contributed by atoms with Crippen molar-refractivity contribution in [2.24, 2.45) is 0 Å². The fraction of sp³-hybridized carbons (Fsp3) is 0.286. The number of unbranched alkanes of at least 4 members (excludes halogenated alkanes) is 1. The number of amides is 3. The number of carbonyl (C=O) groups excluding carboxylic acids is 3. The molecule has 0 fully saturated rings. The summed E-state index contributed by atoms with van der Waals surface area (Å²) in [4.78, 5) is 40.0. The quantitative estimate of drug-likeness (QED) is 0.713. The Morgan fingerprint density at radius 2 is 1.75 bits per heavy atom. The molecule has 7 heteroatoms. The Labute approximate surface area is 161 Å². The molecule has 0 saturated heterocycles. The maximum absolute atomic E-state index is 13.8. The van der Waals surface area contributed by atoms with Crippen molar-refractivity contribution < 1.29 is 23.2 Å². The maximum atomic E-state index is 13.8. The molecule has 2 aromatic carbocycles. The number of fused-ring (bicyclic) bond motifs is 1. The molecular formula is C21H20F2N2O3. The summed E-state index contributed by atoms with van der Waals surface area (Å²) >= 11 is 0. The van der Waals surface area contributed by atoms with Gasteiger partial charge in [0.25, 0.3) is 17.7 Å². The van der Waals surface area contributed by atoms with Crippen molar-refractivity contribution in [2.45, 2.75) is 26.3 Å². The number of rotatable bonds is 6. The third-order valence-corrected chi connectivity index (χ3v) is 4.72. The van der Waals surface area contributed by atoms with Crippen LogP contribution in [0, 0.1) is 11.6 Å². The van der Waals surface area contributed by atoms with Gasteiger partial charge in [-0.15, -0.1) is 0 Å². The molecule has 1 aliphatic rings. The highest BCUT2D eigenvalue weighted by Crippen LogP contribution is 2.25. The van der Waals surface area contributed by atoms with E-state index in [-0.39, 0.29) is 34.7 Å². The lowest BCUT2D eigenvalue weighted by Crippen LogP contribution is -2.30. The van der Waals surface area contributed by atoms with E-state index in [1.165, 1.54) is 41.1 Å². The first-order valence-corrected chi connectivity index (χ1v) is 9.03. The van der Waals surface area contributed by atoms with Crippen LogP contribution in [-0.4, -0.2) is 41.1 Å². The van der Waals surface area contributed by atoms with E-state index in [1.54, 1.807) is 0 Å². The van der Waals surface area contributed by atoms with E-state index in [0.717, 1.165) is 18.6 Å². The van der Waals surface area contributed by atoms with Crippen LogP contribution in [0.1, 0.15) is 56.4 Å². The SMILES string of the molecule is CCCCN1C(=O)c2ccc(C(=O)N(C)Cc3ccc(F)cc3F)cc2C1=O. The third kappa shape index (κ3) is 3.65. The van der Waals surface area contributed by atoms with Gasteiger partial charge in [-0.3, -0.25) is 19.3 Å². The van der Waals surface area contributed by atoms with Crippen molar-refractivity contribution in [3.8, 4) is 0 Å². The van der Waals surface area contributed by atoms with Gasteiger partial charge in [0, 0.05) is 37.3 Å². The second-order valence-corrected chi connectivity index (χ2v) is 6.77. The monoisotopic (exact) mass is 386 g/mol. The minimum absolute atomic E-state index is 0.0580. The topological polar surface area (TPSA) is 57.7 Å². The van der Waals surface area contributed by atoms with Gasteiger partial charge in [-0.25, -0.2) is 8.78 Å². The zero-order valence-electron chi connectivity index (χ0n) is 15.7. The lowest BCUT2D eigenvalue weighted by Gasteiger charge is -2.18. The normalized spacial score (nSPS) is 13.1. The van der Waals surface area contributed by atoms with Crippen molar-refractivity contribution in [3.63, 3.8) is 0 Å². The number of hydrogen-bond acceptors (Lipinski definition) is 3. The average molecular weight is 386 g/mol. The third-order valence-electron chi connectivity index (χ3n) is 4.72. The molecule has 5 nitrogen and oxygen atoms in total. The van der Waals surface area contributed by atoms with Gasteiger partial charge in [0.2, 0.25) is 0 Å². The van der Waals surface area contributed by atoms with Gasteiger partial charge < -0.3 is 4.90 Å². The summed E-state index contributed by atoms with van der Waals surface area (Å²) in [7, 11) is 1.49. The second kappa shape index (κ2) is 7.88. The fourth-order valence-electron chi connectivity index (χ4n) is 3.14. The molecule has 3 amide bonds. The Balaban J connectivity index is 1.80. The van der Waals surface area contributed by atoms with E-state index in [0.29, 0.717) is 13.0 Å². The van der Waals surface area contributed by atoms with E-state index < -0.39 is 23.4 Å².